The molecular formula is C57H40N6. The summed E-state index contributed by atoms with van der Waals surface area (Å²) in [5.41, 5.74) is 13.9. The number of aromatic nitrogens is 5. The molecule has 3 aliphatic rings. The molecule has 0 amide bonds. The van der Waals surface area contributed by atoms with E-state index in [2.05, 4.69) is 120 Å². The van der Waals surface area contributed by atoms with Crippen molar-refractivity contribution in [1.82, 2.24) is 24.9 Å². The minimum Gasteiger partial charge on any atom is -0.238 e. The van der Waals surface area contributed by atoms with Crippen LogP contribution in [0.2, 0.25) is 0 Å². The van der Waals surface area contributed by atoms with Crippen LogP contribution in [0.3, 0.4) is 0 Å². The lowest BCUT2D eigenvalue weighted by Crippen LogP contribution is -2.65. The van der Waals surface area contributed by atoms with Gasteiger partial charge in [-0.15, -0.1) is 0 Å². The van der Waals surface area contributed by atoms with E-state index in [-0.39, 0.29) is 0 Å². The average molecular weight is 809 g/mol. The molecule has 2 aromatic heterocycles. The lowest BCUT2D eigenvalue weighted by Gasteiger charge is -2.73. The van der Waals surface area contributed by atoms with E-state index in [1.54, 1.807) is 0 Å². The van der Waals surface area contributed by atoms with Crippen molar-refractivity contribution in [2.75, 3.05) is 0 Å². The maximum absolute atomic E-state index is 7.43. The molecule has 3 saturated carbocycles. The summed E-state index contributed by atoms with van der Waals surface area (Å²) in [7, 11) is 0. The third-order valence-electron chi connectivity index (χ3n) is 13.7. The Kier molecular flexibility index (Phi) is 8.93. The minimum absolute atomic E-state index is 0.589. The number of benzene rings is 7. The Balaban J connectivity index is 0.856. The highest BCUT2D eigenvalue weighted by molar-refractivity contribution is 5.77. The number of hydrogen-bond acceptors (Lipinski definition) is 5. The highest BCUT2D eigenvalue weighted by Crippen LogP contribution is 2.75. The monoisotopic (exact) mass is 808 g/mol. The third-order valence-corrected chi connectivity index (χ3v) is 13.7. The lowest BCUT2D eigenvalue weighted by atomic mass is 9.31. The standard InChI is InChI=1S/C57H40N6/c1-58-47-17-9-15-44(31-47)36-20-26-42(27-21-36)56-61-55(40-12-6-3-7-13-40)62-57(63-56)45-16-8-14-43(30-45)35-18-22-38(23-19-35)51-34-50(37-10-4-2-5-11-37)59-54(60-51)41-28-24-39(25-29-41)52-48-32-46-33-49(52)53(46)48/h2-31,34,46,48-49,52-53H,32-33H2. The van der Waals surface area contributed by atoms with Crippen molar-refractivity contribution in [2.24, 2.45) is 23.7 Å². The Morgan fingerprint density at radius 1 is 0.365 bits per heavy atom. The zero-order valence-corrected chi connectivity index (χ0v) is 34.4. The zero-order chi connectivity index (χ0) is 41.9. The SMILES string of the molecule is [C-]#[N+]c1cccc(-c2ccc(-c3nc(-c4ccccc4)nc(-c4cccc(-c5ccc(-c6cc(-c7ccccc7)nc(-c7ccc(C8C9CC%10CC8C%109)cc7)n6)cc5)c4)n3)cc2)c1. The minimum atomic E-state index is 0.589. The van der Waals surface area contributed by atoms with Gasteiger partial charge in [-0.2, -0.15) is 0 Å². The van der Waals surface area contributed by atoms with Crippen LogP contribution in [0.25, 0.3) is 95.2 Å². The molecule has 0 aliphatic heterocycles. The second-order valence-electron chi connectivity index (χ2n) is 17.2. The fourth-order valence-corrected chi connectivity index (χ4v) is 10.4. The van der Waals surface area contributed by atoms with Gasteiger partial charge in [0, 0.05) is 33.4 Å². The predicted octanol–water partition coefficient (Wildman–Crippen LogP) is 13.9. The van der Waals surface area contributed by atoms with Crippen LogP contribution in [-0.4, -0.2) is 24.9 Å². The molecule has 0 saturated heterocycles. The maximum Gasteiger partial charge on any atom is 0.187 e. The van der Waals surface area contributed by atoms with Gasteiger partial charge in [0.05, 0.1) is 18.0 Å². The predicted molar refractivity (Wildman–Crippen MR) is 251 cm³/mol. The van der Waals surface area contributed by atoms with Gasteiger partial charge in [-0.1, -0.05) is 170 Å². The molecule has 2 atom stereocenters. The molecule has 0 bridgehead atoms. The molecule has 3 aliphatic carbocycles. The van der Waals surface area contributed by atoms with Gasteiger partial charge in [-0.25, -0.2) is 29.8 Å². The highest BCUT2D eigenvalue weighted by Gasteiger charge is 2.67. The van der Waals surface area contributed by atoms with Gasteiger partial charge >= 0.3 is 0 Å². The number of hydrogen-bond donors (Lipinski definition) is 0. The van der Waals surface area contributed by atoms with Crippen LogP contribution in [0.15, 0.2) is 188 Å². The van der Waals surface area contributed by atoms with Crippen LogP contribution in [0, 0.1) is 30.2 Å². The van der Waals surface area contributed by atoms with Crippen molar-refractivity contribution in [3.05, 3.63) is 205 Å². The van der Waals surface area contributed by atoms with E-state index in [1.807, 2.05) is 72.8 Å². The first kappa shape index (κ1) is 36.9. The van der Waals surface area contributed by atoms with Crippen LogP contribution >= 0.6 is 0 Å². The molecule has 0 N–H and O–H groups in total. The Bertz CT molecular complexity index is 3180. The Morgan fingerprint density at radius 3 is 1.37 bits per heavy atom. The topological polar surface area (TPSA) is 68.8 Å². The molecule has 2 heterocycles. The highest BCUT2D eigenvalue weighted by atomic mass is 15.0. The zero-order valence-electron chi connectivity index (χ0n) is 34.4. The molecule has 0 radical (unpaired) electrons. The molecular weight excluding hydrogens is 769 g/mol. The summed E-state index contributed by atoms with van der Waals surface area (Å²) in [6.07, 6.45) is 2.86. The molecule has 6 nitrogen and oxygen atoms in total. The van der Waals surface area contributed by atoms with Gasteiger partial charge in [-0.3, -0.25) is 0 Å². The summed E-state index contributed by atoms with van der Waals surface area (Å²) in [5, 5.41) is 0. The molecule has 12 rings (SSSR count). The summed E-state index contributed by atoms with van der Waals surface area (Å²) in [5.74, 6) is 7.15. The van der Waals surface area contributed by atoms with Crippen LogP contribution < -0.4 is 0 Å². The molecule has 3 fully saturated rings. The Labute approximate surface area is 366 Å². The van der Waals surface area contributed by atoms with Crippen molar-refractivity contribution >= 4 is 5.69 Å². The van der Waals surface area contributed by atoms with Crippen LogP contribution in [-0.2, 0) is 0 Å². The summed E-state index contributed by atoms with van der Waals surface area (Å²) in [6, 6.07) is 64.5. The number of nitrogens with zero attached hydrogens (tertiary/aromatic N) is 6. The molecule has 9 aromatic rings. The third kappa shape index (κ3) is 6.70. The van der Waals surface area contributed by atoms with Crippen LogP contribution in [0.1, 0.15) is 24.3 Å². The maximum atomic E-state index is 7.43. The first-order valence-electron chi connectivity index (χ1n) is 21.8. The normalized spacial score (nSPS) is 19.1. The average Bonchev–Trinajstić information content (AvgIpc) is 3.36. The smallest absolute Gasteiger partial charge is 0.187 e. The van der Waals surface area contributed by atoms with E-state index in [0.717, 1.165) is 102 Å². The lowest BCUT2D eigenvalue weighted by molar-refractivity contribution is -0.214. The van der Waals surface area contributed by atoms with Crippen molar-refractivity contribution in [1.29, 1.82) is 0 Å². The van der Waals surface area contributed by atoms with Crippen molar-refractivity contribution in [3.8, 4) is 90.3 Å². The summed E-state index contributed by atoms with van der Waals surface area (Å²) >= 11 is 0. The van der Waals surface area contributed by atoms with E-state index in [9.17, 15) is 0 Å². The van der Waals surface area contributed by atoms with Gasteiger partial charge in [0.15, 0.2) is 29.0 Å². The first-order valence-corrected chi connectivity index (χ1v) is 21.8. The van der Waals surface area contributed by atoms with E-state index >= 15 is 0 Å². The van der Waals surface area contributed by atoms with Gasteiger partial charge in [0.1, 0.15) is 0 Å². The van der Waals surface area contributed by atoms with Gasteiger partial charge in [0.25, 0.3) is 0 Å². The van der Waals surface area contributed by atoms with Gasteiger partial charge in [0.2, 0.25) is 0 Å². The second kappa shape index (κ2) is 15.2. The second-order valence-corrected chi connectivity index (χ2v) is 17.2. The van der Waals surface area contributed by atoms with Crippen LogP contribution in [0.4, 0.5) is 5.69 Å². The summed E-state index contributed by atoms with van der Waals surface area (Å²) in [4.78, 5) is 28.9. The fourth-order valence-electron chi connectivity index (χ4n) is 10.4. The van der Waals surface area contributed by atoms with Crippen molar-refractivity contribution in [3.63, 3.8) is 0 Å². The Morgan fingerprint density at radius 2 is 0.794 bits per heavy atom. The molecule has 0 spiro atoms. The van der Waals surface area contributed by atoms with Gasteiger partial charge in [-0.05, 0) is 88.4 Å². The Hall–Kier alpha value is -7.88. The summed E-state index contributed by atoms with van der Waals surface area (Å²) < 4.78 is 0. The molecule has 6 heteroatoms. The fraction of sp³-hybridized carbons (Fsp3) is 0.123. The van der Waals surface area contributed by atoms with E-state index < -0.39 is 0 Å². The first-order chi connectivity index (χ1) is 31.1. The number of rotatable bonds is 9. The molecule has 298 valence electrons. The van der Waals surface area contributed by atoms with E-state index in [4.69, 9.17) is 31.5 Å². The van der Waals surface area contributed by atoms with Crippen molar-refractivity contribution < 1.29 is 0 Å². The van der Waals surface area contributed by atoms with E-state index in [0.29, 0.717) is 23.2 Å². The molecule has 2 unspecified atom stereocenters. The van der Waals surface area contributed by atoms with Gasteiger partial charge < -0.3 is 0 Å². The van der Waals surface area contributed by atoms with Crippen LogP contribution in [0.5, 0.6) is 0 Å². The van der Waals surface area contributed by atoms with E-state index in [1.165, 1.54) is 18.4 Å². The summed E-state index contributed by atoms with van der Waals surface area (Å²) in [6.45, 7) is 7.43. The largest absolute Gasteiger partial charge is 0.238 e. The molecule has 7 aromatic carbocycles. The van der Waals surface area contributed by atoms with Crippen molar-refractivity contribution in [2.45, 2.75) is 18.8 Å². The molecule has 63 heavy (non-hydrogen) atoms. The quantitative estimate of drug-likeness (QED) is 0.136.